The van der Waals surface area contributed by atoms with Crippen LogP contribution in [0, 0.1) is 0 Å². The van der Waals surface area contributed by atoms with Gasteiger partial charge in [0.05, 0.1) is 22.4 Å². The number of carbonyl (C=O) groups is 1. The summed E-state index contributed by atoms with van der Waals surface area (Å²) in [6.45, 7) is 1.38. The zero-order valence-corrected chi connectivity index (χ0v) is 10.7. The van der Waals surface area contributed by atoms with E-state index in [9.17, 15) is 4.79 Å². The van der Waals surface area contributed by atoms with Crippen LogP contribution in [0.2, 0.25) is 5.02 Å². The number of nitrogens with two attached hydrogens (primary N) is 2. The molecule has 2 rings (SSSR count). The molecule has 1 aliphatic heterocycles. The normalized spacial score (nSPS) is 18.8. The van der Waals surface area contributed by atoms with Gasteiger partial charge in [0, 0.05) is 18.8 Å². The molecule has 0 spiro atoms. The fourth-order valence-corrected chi connectivity index (χ4v) is 2.32. The highest BCUT2D eigenvalue weighted by molar-refractivity contribution is 6.34. The Kier molecular flexibility index (Phi) is 3.93. The van der Waals surface area contributed by atoms with Crippen molar-refractivity contribution in [1.82, 2.24) is 0 Å². The summed E-state index contributed by atoms with van der Waals surface area (Å²) in [4.78, 5) is 11.4. The molecule has 1 amide bonds. The molecule has 18 heavy (non-hydrogen) atoms. The summed E-state index contributed by atoms with van der Waals surface area (Å²) >= 11 is 6.07. The van der Waals surface area contributed by atoms with E-state index >= 15 is 0 Å². The van der Waals surface area contributed by atoms with Crippen LogP contribution >= 0.6 is 11.6 Å². The first-order valence-electron chi connectivity index (χ1n) is 5.82. The van der Waals surface area contributed by atoms with Crippen molar-refractivity contribution in [3.63, 3.8) is 0 Å². The largest absolute Gasteiger partial charge is 0.399 e. The molecule has 1 aliphatic rings. The fourth-order valence-electron chi connectivity index (χ4n) is 2.02. The molecular weight excluding hydrogens is 254 g/mol. The molecule has 0 aromatic heterocycles. The maximum Gasteiger partial charge on any atom is 0.250 e. The van der Waals surface area contributed by atoms with Gasteiger partial charge in [-0.2, -0.15) is 0 Å². The molecule has 5 nitrogen and oxygen atoms in total. The molecule has 0 bridgehead atoms. The van der Waals surface area contributed by atoms with E-state index in [1.165, 1.54) is 6.07 Å². The number of benzene rings is 1. The molecule has 1 atom stereocenters. The minimum absolute atomic E-state index is 0.152. The number of hydrogen-bond donors (Lipinski definition) is 3. The summed E-state index contributed by atoms with van der Waals surface area (Å²) in [7, 11) is 0. The third-order valence-corrected chi connectivity index (χ3v) is 3.21. The number of halogens is 1. The maximum atomic E-state index is 11.4. The summed E-state index contributed by atoms with van der Waals surface area (Å²) in [5.74, 6) is -0.556. The Bertz CT molecular complexity index is 459. The van der Waals surface area contributed by atoms with E-state index in [0.717, 1.165) is 19.4 Å². The highest BCUT2D eigenvalue weighted by Crippen LogP contribution is 2.29. The van der Waals surface area contributed by atoms with Gasteiger partial charge < -0.3 is 21.5 Å². The van der Waals surface area contributed by atoms with Gasteiger partial charge in [-0.3, -0.25) is 4.79 Å². The van der Waals surface area contributed by atoms with E-state index in [1.807, 2.05) is 0 Å². The minimum Gasteiger partial charge on any atom is -0.399 e. The summed E-state index contributed by atoms with van der Waals surface area (Å²) in [6.07, 6.45) is 2.22. The molecule has 1 unspecified atom stereocenters. The molecule has 1 aromatic carbocycles. The molecule has 5 N–H and O–H groups in total. The highest BCUT2D eigenvalue weighted by atomic mass is 35.5. The summed E-state index contributed by atoms with van der Waals surface area (Å²) in [6, 6.07) is 3.11. The van der Waals surface area contributed by atoms with Gasteiger partial charge >= 0.3 is 0 Å². The molecule has 0 radical (unpaired) electrons. The van der Waals surface area contributed by atoms with Crippen LogP contribution in [0.3, 0.4) is 0 Å². The molecular formula is C12H16ClN3O2. The lowest BCUT2D eigenvalue weighted by atomic mass is 10.1. The standard InChI is InChI=1S/C12H16ClN3O2/c13-10-5-7(14)4-9(12(15)17)11(10)16-6-8-2-1-3-18-8/h4-5,8,16H,1-3,6,14H2,(H2,15,17). The SMILES string of the molecule is NC(=O)c1cc(N)cc(Cl)c1NCC1CCCO1. The topological polar surface area (TPSA) is 90.4 Å². The first-order chi connectivity index (χ1) is 8.58. The third-order valence-electron chi connectivity index (χ3n) is 2.91. The van der Waals surface area contributed by atoms with Crippen LogP contribution in [0.4, 0.5) is 11.4 Å². The number of anilines is 2. The third kappa shape index (κ3) is 2.86. The van der Waals surface area contributed by atoms with E-state index in [1.54, 1.807) is 6.07 Å². The van der Waals surface area contributed by atoms with Gasteiger partial charge in [-0.25, -0.2) is 0 Å². The van der Waals surface area contributed by atoms with Crippen LogP contribution < -0.4 is 16.8 Å². The second kappa shape index (κ2) is 5.46. The Morgan fingerprint density at radius 1 is 1.56 bits per heavy atom. The second-order valence-corrected chi connectivity index (χ2v) is 4.71. The van der Waals surface area contributed by atoms with Crippen molar-refractivity contribution in [3.8, 4) is 0 Å². The van der Waals surface area contributed by atoms with Crippen molar-refractivity contribution in [3.05, 3.63) is 22.7 Å². The summed E-state index contributed by atoms with van der Waals surface area (Å²) in [5, 5.41) is 3.51. The van der Waals surface area contributed by atoms with Crippen molar-refractivity contribution < 1.29 is 9.53 Å². The van der Waals surface area contributed by atoms with E-state index < -0.39 is 5.91 Å². The van der Waals surface area contributed by atoms with Crippen molar-refractivity contribution in [2.45, 2.75) is 18.9 Å². The lowest BCUT2D eigenvalue weighted by Gasteiger charge is -2.16. The summed E-state index contributed by atoms with van der Waals surface area (Å²) < 4.78 is 5.49. The van der Waals surface area contributed by atoms with Gasteiger partial charge in [-0.05, 0) is 25.0 Å². The Morgan fingerprint density at radius 2 is 2.33 bits per heavy atom. The second-order valence-electron chi connectivity index (χ2n) is 4.31. The predicted molar refractivity (Wildman–Crippen MR) is 71.8 cm³/mol. The molecule has 1 saturated heterocycles. The van der Waals surface area contributed by atoms with E-state index in [4.69, 9.17) is 27.8 Å². The quantitative estimate of drug-likeness (QED) is 0.725. The van der Waals surface area contributed by atoms with Gasteiger partial charge in [-0.15, -0.1) is 0 Å². The van der Waals surface area contributed by atoms with Crippen LogP contribution in [-0.4, -0.2) is 25.2 Å². The number of carbonyl (C=O) groups excluding carboxylic acids is 1. The monoisotopic (exact) mass is 269 g/mol. The average Bonchev–Trinajstić information content (AvgIpc) is 2.79. The van der Waals surface area contributed by atoms with E-state index in [-0.39, 0.29) is 6.10 Å². The number of amides is 1. The van der Waals surface area contributed by atoms with Crippen molar-refractivity contribution >= 4 is 28.9 Å². The minimum atomic E-state index is -0.556. The first-order valence-corrected chi connectivity index (χ1v) is 6.20. The number of primary amides is 1. The zero-order valence-electron chi connectivity index (χ0n) is 9.91. The lowest BCUT2D eigenvalue weighted by Crippen LogP contribution is -2.21. The van der Waals surface area contributed by atoms with Crippen LogP contribution in [0.1, 0.15) is 23.2 Å². The fraction of sp³-hybridized carbons (Fsp3) is 0.417. The number of rotatable bonds is 4. The maximum absolute atomic E-state index is 11.4. The zero-order chi connectivity index (χ0) is 13.1. The smallest absolute Gasteiger partial charge is 0.250 e. The molecule has 1 aromatic rings. The van der Waals surface area contributed by atoms with Crippen LogP contribution in [-0.2, 0) is 4.74 Å². The Morgan fingerprint density at radius 3 is 2.94 bits per heavy atom. The van der Waals surface area contributed by atoms with Crippen molar-refractivity contribution in [2.75, 3.05) is 24.2 Å². The first kappa shape index (κ1) is 13.0. The lowest BCUT2D eigenvalue weighted by molar-refractivity contribution is 0.100. The highest BCUT2D eigenvalue weighted by Gasteiger charge is 2.18. The van der Waals surface area contributed by atoms with E-state index in [0.29, 0.717) is 28.5 Å². The Hall–Kier alpha value is -1.46. The molecule has 1 heterocycles. The number of nitrogens with one attached hydrogen (secondary N) is 1. The van der Waals surface area contributed by atoms with E-state index in [2.05, 4.69) is 5.32 Å². The molecule has 6 heteroatoms. The van der Waals surface area contributed by atoms with Crippen molar-refractivity contribution in [2.24, 2.45) is 5.73 Å². The van der Waals surface area contributed by atoms with Gasteiger partial charge in [0.15, 0.2) is 0 Å². The molecule has 0 saturated carbocycles. The van der Waals surface area contributed by atoms with Crippen LogP contribution in [0.15, 0.2) is 12.1 Å². The Balaban J connectivity index is 2.17. The van der Waals surface area contributed by atoms with Gasteiger partial charge in [-0.1, -0.05) is 11.6 Å². The average molecular weight is 270 g/mol. The molecule has 0 aliphatic carbocycles. The molecule has 1 fully saturated rings. The molecule has 98 valence electrons. The Labute approximate surface area is 110 Å². The van der Waals surface area contributed by atoms with Gasteiger partial charge in [0.2, 0.25) is 0 Å². The summed E-state index contributed by atoms with van der Waals surface area (Å²) in [5.41, 5.74) is 12.2. The number of ether oxygens (including phenoxy) is 1. The predicted octanol–water partition coefficient (Wildman–Crippen LogP) is 1.61. The number of nitrogen functional groups attached to an aromatic ring is 1. The van der Waals surface area contributed by atoms with Crippen LogP contribution in [0.5, 0.6) is 0 Å². The van der Waals surface area contributed by atoms with Gasteiger partial charge in [0.25, 0.3) is 5.91 Å². The number of hydrogen-bond acceptors (Lipinski definition) is 4. The van der Waals surface area contributed by atoms with Crippen LogP contribution in [0.25, 0.3) is 0 Å². The van der Waals surface area contributed by atoms with Crippen molar-refractivity contribution in [1.29, 1.82) is 0 Å². The van der Waals surface area contributed by atoms with Gasteiger partial charge in [0.1, 0.15) is 0 Å².